The highest BCUT2D eigenvalue weighted by molar-refractivity contribution is 5.80. The Morgan fingerprint density at radius 1 is 1.11 bits per heavy atom. The topological polar surface area (TPSA) is 192 Å². The Balaban J connectivity index is 4.81. The van der Waals surface area contributed by atoms with Gasteiger partial charge in [0.15, 0.2) is 11.9 Å². The van der Waals surface area contributed by atoms with Crippen LogP contribution in [0.5, 0.6) is 0 Å². The lowest BCUT2D eigenvalue weighted by Gasteiger charge is -2.20. The number of nitrogens with zero attached hydrogens (tertiary/aromatic N) is 2. The molecule has 0 rings (SSSR count). The van der Waals surface area contributed by atoms with Gasteiger partial charge in [-0.25, -0.2) is 0 Å². The Morgan fingerprint density at radius 2 is 1.56 bits per heavy atom. The fraction of sp³-hybridized carbons (Fsp3) is 0.500. The highest BCUT2D eigenvalue weighted by Crippen LogP contribution is 2.15. The predicted molar refractivity (Wildman–Crippen MR) is 63.0 cm³/mol. The van der Waals surface area contributed by atoms with E-state index < -0.39 is 36.1 Å². The summed E-state index contributed by atoms with van der Waals surface area (Å²) in [7, 11) is 0. The number of carbonyl (C=O) groups excluding carboxylic acids is 1. The Labute approximate surface area is 103 Å². The van der Waals surface area contributed by atoms with Crippen molar-refractivity contribution in [2.24, 2.45) is 32.9 Å². The maximum atomic E-state index is 11.3. The van der Waals surface area contributed by atoms with E-state index in [0.29, 0.717) is 0 Å². The molecule has 10 heteroatoms. The molecule has 0 spiro atoms. The van der Waals surface area contributed by atoms with Crippen molar-refractivity contribution >= 4 is 23.9 Å². The van der Waals surface area contributed by atoms with E-state index in [2.05, 4.69) is 9.98 Å². The SMILES string of the molecule is CC(N=C(N)N)(N=C(N)N)OC(=O)CCC(=O)O. The second-order valence-corrected chi connectivity index (χ2v) is 3.38. The molecule has 0 aromatic carbocycles. The van der Waals surface area contributed by atoms with E-state index in [1.807, 2.05) is 0 Å². The summed E-state index contributed by atoms with van der Waals surface area (Å²) < 4.78 is 4.81. The minimum Gasteiger partial charge on any atom is -0.481 e. The number of nitrogens with two attached hydrogens (primary N) is 4. The third-order valence-corrected chi connectivity index (χ3v) is 1.52. The average molecular weight is 260 g/mol. The third-order valence-electron chi connectivity index (χ3n) is 1.52. The van der Waals surface area contributed by atoms with Crippen LogP contribution in [0.2, 0.25) is 0 Å². The zero-order valence-electron chi connectivity index (χ0n) is 9.79. The molecule has 0 radical (unpaired) electrons. The molecule has 0 bridgehead atoms. The molecule has 0 saturated heterocycles. The number of aliphatic imine (C=N–C) groups is 2. The van der Waals surface area contributed by atoms with Gasteiger partial charge in [-0.3, -0.25) is 9.59 Å². The van der Waals surface area contributed by atoms with Gasteiger partial charge in [0.25, 0.3) is 0 Å². The molecular weight excluding hydrogens is 244 g/mol. The van der Waals surface area contributed by atoms with Crippen LogP contribution in [0.1, 0.15) is 19.8 Å². The molecule has 0 aliphatic heterocycles. The Bertz CT molecular complexity index is 365. The molecule has 10 nitrogen and oxygen atoms in total. The number of aliphatic carboxylic acids is 1. The van der Waals surface area contributed by atoms with E-state index >= 15 is 0 Å². The number of hydrogen-bond donors (Lipinski definition) is 5. The molecule has 0 aliphatic rings. The Morgan fingerprint density at radius 3 is 1.89 bits per heavy atom. The second-order valence-electron chi connectivity index (χ2n) is 3.38. The number of guanidine groups is 2. The van der Waals surface area contributed by atoms with Crippen molar-refractivity contribution in [3.05, 3.63) is 0 Å². The summed E-state index contributed by atoms with van der Waals surface area (Å²) >= 11 is 0. The number of carboxylic acids is 1. The van der Waals surface area contributed by atoms with Gasteiger partial charge >= 0.3 is 17.8 Å². The van der Waals surface area contributed by atoms with Crippen molar-refractivity contribution in [3.8, 4) is 0 Å². The summed E-state index contributed by atoms with van der Waals surface area (Å²) in [5, 5.41) is 8.41. The maximum Gasteiger partial charge on any atom is 0.309 e. The molecule has 18 heavy (non-hydrogen) atoms. The van der Waals surface area contributed by atoms with Gasteiger partial charge in [0.05, 0.1) is 12.8 Å². The van der Waals surface area contributed by atoms with Crippen LogP contribution in [0.15, 0.2) is 9.98 Å². The van der Waals surface area contributed by atoms with E-state index in [0.717, 1.165) is 0 Å². The van der Waals surface area contributed by atoms with Crippen molar-refractivity contribution in [1.82, 2.24) is 0 Å². The van der Waals surface area contributed by atoms with Crippen LogP contribution in [0.25, 0.3) is 0 Å². The van der Waals surface area contributed by atoms with Crippen LogP contribution in [0, 0.1) is 0 Å². The Hall–Kier alpha value is -2.52. The third kappa shape index (κ3) is 6.87. The van der Waals surface area contributed by atoms with Gasteiger partial charge in [-0.1, -0.05) is 0 Å². The van der Waals surface area contributed by atoms with Crippen molar-refractivity contribution < 1.29 is 19.4 Å². The zero-order valence-corrected chi connectivity index (χ0v) is 9.79. The molecule has 0 heterocycles. The standard InChI is InChI=1S/C8H16N6O4/c1-8(13-6(9)10,14-7(11)12)18-5(17)3-2-4(15)16/h2-3H2,1H3,(H,15,16)(H4,9,10,13)(H4,11,12,14). The first-order valence-electron chi connectivity index (χ1n) is 4.80. The monoisotopic (exact) mass is 260 g/mol. The van der Waals surface area contributed by atoms with Gasteiger partial charge in [0.2, 0.25) is 0 Å². The van der Waals surface area contributed by atoms with E-state index in [-0.39, 0.29) is 6.42 Å². The first-order chi connectivity index (χ1) is 8.14. The largest absolute Gasteiger partial charge is 0.481 e. The van der Waals surface area contributed by atoms with Crippen LogP contribution in [-0.4, -0.2) is 34.8 Å². The number of carbonyl (C=O) groups is 2. The summed E-state index contributed by atoms with van der Waals surface area (Å²) in [6.45, 7) is 1.24. The lowest BCUT2D eigenvalue weighted by Crippen LogP contribution is -2.37. The highest BCUT2D eigenvalue weighted by Gasteiger charge is 2.28. The molecular formula is C8H16N6O4. The van der Waals surface area contributed by atoms with E-state index in [1.54, 1.807) is 0 Å². The summed E-state index contributed by atoms with van der Waals surface area (Å²) in [5.41, 5.74) is 20.6. The van der Waals surface area contributed by atoms with Crippen molar-refractivity contribution in [2.45, 2.75) is 25.6 Å². The summed E-state index contributed by atoms with van der Waals surface area (Å²) in [6, 6.07) is 0. The molecule has 0 fully saturated rings. The van der Waals surface area contributed by atoms with Gasteiger partial charge in [0, 0.05) is 6.92 Å². The smallest absolute Gasteiger partial charge is 0.309 e. The van der Waals surface area contributed by atoms with Crippen LogP contribution >= 0.6 is 0 Å². The van der Waals surface area contributed by atoms with Crippen LogP contribution < -0.4 is 22.9 Å². The molecule has 0 unspecified atom stereocenters. The number of carboxylic acid groups (broad SMARTS) is 1. The van der Waals surface area contributed by atoms with E-state index in [4.69, 9.17) is 32.8 Å². The minimum atomic E-state index is -1.81. The molecule has 9 N–H and O–H groups in total. The first kappa shape index (κ1) is 15.5. The van der Waals surface area contributed by atoms with E-state index in [9.17, 15) is 9.59 Å². The lowest BCUT2D eigenvalue weighted by atomic mass is 10.3. The van der Waals surface area contributed by atoms with Crippen LogP contribution in [-0.2, 0) is 14.3 Å². The van der Waals surface area contributed by atoms with Gasteiger partial charge in [-0.2, -0.15) is 9.98 Å². The molecule has 0 atom stereocenters. The fourth-order valence-corrected chi connectivity index (χ4v) is 1.03. The minimum absolute atomic E-state index is 0.356. The van der Waals surface area contributed by atoms with Gasteiger partial charge in [-0.05, 0) is 0 Å². The zero-order chi connectivity index (χ0) is 14.3. The maximum absolute atomic E-state index is 11.3. The van der Waals surface area contributed by atoms with Crippen LogP contribution in [0.3, 0.4) is 0 Å². The Kier molecular flexibility index (Phi) is 5.39. The molecule has 0 amide bonds. The number of hydrogen-bond acceptors (Lipinski definition) is 5. The molecule has 102 valence electrons. The quantitative estimate of drug-likeness (QED) is 0.198. The van der Waals surface area contributed by atoms with Crippen molar-refractivity contribution in [3.63, 3.8) is 0 Å². The predicted octanol–water partition coefficient (Wildman–Crippen LogP) is -2.39. The molecule has 0 aromatic rings. The van der Waals surface area contributed by atoms with Gasteiger partial charge in [0.1, 0.15) is 0 Å². The van der Waals surface area contributed by atoms with E-state index in [1.165, 1.54) is 6.92 Å². The van der Waals surface area contributed by atoms with Gasteiger partial charge < -0.3 is 32.8 Å². The molecule has 0 aromatic heterocycles. The van der Waals surface area contributed by atoms with Crippen molar-refractivity contribution in [1.29, 1.82) is 0 Å². The highest BCUT2D eigenvalue weighted by atomic mass is 16.6. The average Bonchev–Trinajstić information content (AvgIpc) is 2.10. The number of ether oxygens (including phenoxy) is 1. The first-order valence-corrected chi connectivity index (χ1v) is 4.80. The summed E-state index contributed by atoms with van der Waals surface area (Å²) in [6.07, 6.45) is -0.747. The van der Waals surface area contributed by atoms with Crippen molar-refractivity contribution in [2.75, 3.05) is 0 Å². The van der Waals surface area contributed by atoms with Crippen LogP contribution in [0.4, 0.5) is 0 Å². The fourth-order valence-electron chi connectivity index (χ4n) is 1.03. The van der Waals surface area contributed by atoms with Gasteiger partial charge in [-0.15, -0.1) is 0 Å². The normalized spacial score (nSPS) is 10.3. The molecule has 0 saturated carbocycles. The lowest BCUT2D eigenvalue weighted by molar-refractivity contribution is -0.158. The molecule has 0 aliphatic carbocycles. The number of esters is 1. The summed E-state index contributed by atoms with van der Waals surface area (Å²) in [5.74, 6) is -4.60. The number of rotatable bonds is 6. The second kappa shape index (κ2) is 6.27. The summed E-state index contributed by atoms with van der Waals surface area (Å²) in [4.78, 5) is 28.7.